The maximum absolute atomic E-state index is 12.3. The summed E-state index contributed by atoms with van der Waals surface area (Å²) in [6.45, 7) is 1.94. The molecule has 1 aliphatic rings. The van der Waals surface area contributed by atoms with E-state index in [1.165, 1.54) is 19.3 Å². The lowest BCUT2D eigenvalue weighted by molar-refractivity contribution is 0.0889. The average Bonchev–Trinajstić information content (AvgIpc) is 2.33. The number of Topliss-reactive ketones (excluding diaryl/α,β-unsaturated/α-hetero) is 1. The van der Waals surface area contributed by atoms with Gasteiger partial charge in [0.15, 0.2) is 5.78 Å². The molecule has 0 unspecified atom stereocenters. The van der Waals surface area contributed by atoms with Crippen molar-refractivity contribution in [3.63, 3.8) is 0 Å². The number of rotatable bonds is 2. The molecule has 0 atom stereocenters. The topological polar surface area (TPSA) is 43.1 Å². The number of nitrogen functional groups attached to an aromatic ring is 1. The highest BCUT2D eigenvalue weighted by Crippen LogP contribution is 2.28. The molecule has 2 rings (SSSR count). The molecule has 2 heteroatoms. The first-order chi connectivity index (χ1) is 7.70. The third-order valence-corrected chi connectivity index (χ3v) is 3.62. The average molecular weight is 217 g/mol. The third kappa shape index (κ3) is 2.11. The van der Waals surface area contributed by atoms with E-state index in [0.717, 1.165) is 29.7 Å². The van der Waals surface area contributed by atoms with Gasteiger partial charge in [0.05, 0.1) is 0 Å². The number of hydrogen-bond donors (Lipinski definition) is 1. The van der Waals surface area contributed by atoms with E-state index in [1.54, 1.807) is 0 Å². The second-order valence-corrected chi connectivity index (χ2v) is 4.72. The molecule has 0 bridgehead atoms. The summed E-state index contributed by atoms with van der Waals surface area (Å²) >= 11 is 0. The number of nitrogens with two attached hydrogens (primary N) is 1. The molecule has 0 aromatic heterocycles. The van der Waals surface area contributed by atoms with Crippen molar-refractivity contribution in [2.24, 2.45) is 5.92 Å². The summed E-state index contributed by atoms with van der Waals surface area (Å²) in [5.74, 6) is 0.527. The number of hydrogen-bond acceptors (Lipinski definition) is 2. The van der Waals surface area contributed by atoms with E-state index in [1.807, 2.05) is 25.1 Å². The van der Waals surface area contributed by atoms with E-state index in [0.29, 0.717) is 5.78 Å². The summed E-state index contributed by atoms with van der Waals surface area (Å²) in [6, 6.07) is 5.63. The maximum Gasteiger partial charge on any atom is 0.166 e. The largest absolute Gasteiger partial charge is 0.398 e. The lowest BCUT2D eigenvalue weighted by Crippen LogP contribution is -2.19. The molecule has 0 heterocycles. The fraction of sp³-hybridized carbons (Fsp3) is 0.500. The van der Waals surface area contributed by atoms with Crippen LogP contribution >= 0.6 is 0 Å². The Balaban J connectivity index is 2.22. The Morgan fingerprint density at radius 3 is 2.62 bits per heavy atom. The van der Waals surface area contributed by atoms with Gasteiger partial charge in [-0.15, -0.1) is 0 Å². The standard InChI is InChI=1S/C14H19NO/c1-10-12(8-5-9-13(10)15)14(16)11-6-3-2-4-7-11/h5,8-9,11H,2-4,6-7,15H2,1H3. The first-order valence-electron chi connectivity index (χ1n) is 6.09. The number of benzene rings is 1. The lowest BCUT2D eigenvalue weighted by atomic mass is 9.83. The molecule has 0 amide bonds. The molecule has 1 fully saturated rings. The van der Waals surface area contributed by atoms with Gasteiger partial charge in [-0.2, -0.15) is 0 Å². The molecule has 0 saturated heterocycles. The van der Waals surface area contributed by atoms with Gasteiger partial charge >= 0.3 is 0 Å². The van der Waals surface area contributed by atoms with Gasteiger partial charge in [-0.05, 0) is 31.4 Å². The summed E-state index contributed by atoms with van der Waals surface area (Å²) in [5, 5.41) is 0. The molecule has 1 aromatic carbocycles. The molecule has 16 heavy (non-hydrogen) atoms. The second kappa shape index (κ2) is 4.69. The van der Waals surface area contributed by atoms with Crippen LogP contribution in [0.25, 0.3) is 0 Å². The van der Waals surface area contributed by atoms with Crippen LogP contribution in [-0.4, -0.2) is 5.78 Å². The zero-order valence-electron chi connectivity index (χ0n) is 9.83. The summed E-state index contributed by atoms with van der Waals surface area (Å²) in [5.41, 5.74) is 8.33. The van der Waals surface area contributed by atoms with E-state index in [2.05, 4.69) is 0 Å². The molecular weight excluding hydrogens is 198 g/mol. The molecule has 2 nitrogen and oxygen atoms in total. The van der Waals surface area contributed by atoms with Crippen LogP contribution in [0.4, 0.5) is 5.69 Å². The quantitative estimate of drug-likeness (QED) is 0.610. The molecule has 0 radical (unpaired) electrons. The Morgan fingerprint density at radius 1 is 1.25 bits per heavy atom. The minimum Gasteiger partial charge on any atom is -0.398 e. The van der Waals surface area contributed by atoms with Crippen LogP contribution in [0.15, 0.2) is 18.2 Å². The van der Waals surface area contributed by atoms with Crippen LogP contribution in [-0.2, 0) is 0 Å². The predicted octanol–water partition coefficient (Wildman–Crippen LogP) is 3.34. The van der Waals surface area contributed by atoms with Crippen LogP contribution in [0.1, 0.15) is 48.0 Å². The van der Waals surface area contributed by atoms with Crippen LogP contribution in [0.5, 0.6) is 0 Å². The van der Waals surface area contributed by atoms with E-state index in [9.17, 15) is 4.79 Å². The minimum absolute atomic E-state index is 0.231. The van der Waals surface area contributed by atoms with Gasteiger partial charge in [-0.3, -0.25) is 4.79 Å². The van der Waals surface area contributed by atoms with Crippen molar-refractivity contribution < 1.29 is 4.79 Å². The number of carbonyl (C=O) groups is 1. The Labute approximate surface area is 96.8 Å². The molecule has 0 spiro atoms. The van der Waals surface area contributed by atoms with E-state index in [4.69, 9.17) is 5.73 Å². The molecule has 1 aromatic rings. The number of carbonyl (C=O) groups excluding carboxylic acids is 1. The zero-order chi connectivity index (χ0) is 11.5. The Hall–Kier alpha value is -1.31. The van der Waals surface area contributed by atoms with Crippen molar-refractivity contribution in [1.29, 1.82) is 0 Å². The summed E-state index contributed by atoms with van der Waals surface area (Å²) in [6.07, 6.45) is 5.76. The van der Waals surface area contributed by atoms with Crippen LogP contribution < -0.4 is 5.73 Å². The van der Waals surface area contributed by atoms with Crippen molar-refractivity contribution >= 4 is 11.5 Å². The van der Waals surface area contributed by atoms with Crippen LogP contribution in [0.2, 0.25) is 0 Å². The van der Waals surface area contributed by atoms with Gasteiger partial charge in [-0.25, -0.2) is 0 Å². The van der Waals surface area contributed by atoms with Crippen LogP contribution in [0.3, 0.4) is 0 Å². The van der Waals surface area contributed by atoms with Gasteiger partial charge < -0.3 is 5.73 Å². The third-order valence-electron chi connectivity index (χ3n) is 3.62. The highest BCUT2D eigenvalue weighted by atomic mass is 16.1. The fourth-order valence-electron chi connectivity index (χ4n) is 2.51. The smallest absolute Gasteiger partial charge is 0.166 e. The monoisotopic (exact) mass is 217 g/mol. The van der Waals surface area contributed by atoms with Gasteiger partial charge in [0, 0.05) is 17.2 Å². The number of anilines is 1. The maximum atomic E-state index is 12.3. The van der Waals surface area contributed by atoms with Crippen molar-refractivity contribution in [2.75, 3.05) is 5.73 Å². The fourth-order valence-corrected chi connectivity index (χ4v) is 2.51. The lowest BCUT2D eigenvalue weighted by Gasteiger charge is -2.21. The molecule has 1 saturated carbocycles. The minimum atomic E-state index is 0.231. The zero-order valence-corrected chi connectivity index (χ0v) is 9.83. The Kier molecular flexibility index (Phi) is 3.28. The van der Waals surface area contributed by atoms with Crippen molar-refractivity contribution in [1.82, 2.24) is 0 Å². The Bertz CT molecular complexity index is 392. The van der Waals surface area contributed by atoms with Crippen LogP contribution in [0, 0.1) is 12.8 Å². The van der Waals surface area contributed by atoms with Crippen molar-refractivity contribution in [3.05, 3.63) is 29.3 Å². The normalized spacial score (nSPS) is 17.3. The molecular formula is C14H19NO. The highest BCUT2D eigenvalue weighted by molar-refractivity contribution is 6.00. The van der Waals surface area contributed by atoms with E-state index >= 15 is 0 Å². The van der Waals surface area contributed by atoms with Crippen molar-refractivity contribution in [3.8, 4) is 0 Å². The van der Waals surface area contributed by atoms with Gasteiger partial charge in [0.1, 0.15) is 0 Å². The first-order valence-corrected chi connectivity index (χ1v) is 6.09. The SMILES string of the molecule is Cc1c(N)cccc1C(=O)C1CCCCC1. The summed E-state index contributed by atoms with van der Waals surface area (Å²) in [7, 11) is 0. The highest BCUT2D eigenvalue weighted by Gasteiger charge is 2.23. The van der Waals surface area contributed by atoms with E-state index in [-0.39, 0.29) is 5.92 Å². The molecule has 1 aliphatic carbocycles. The Morgan fingerprint density at radius 2 is 1.94 bits per heavy atom. The summed E-state index contributed by atoms with van der Waals surface area (Å²) < 4.78 is 0. The molecule has 2 N–H and O–H groups in total. The molecule has 86 valence electrons. The van der Waals surface area contributed by atoms with Gasteiger partial charge in [-0.1, -0.05) is 31.4 Å². The molecule has 0 aliphatic heterocycles. The second-order valence-electron chi connectivity index (χ2n) is 4.72. The van der Waals surface area contributed by atoms with E-state index < -0.39 is 0 Å². The van der Waals surface area contributed by atoms with Crippen molar-refractivity contribution in [2.45, 2.75) is 39.0 Å². The van der Waals surface area contributed by atoms with Gasteiger partial charge in [0.2, 0.25) is 0 Å². The summed E-state index contributed by atoms with van der Waals surface area (Å²) in [4.78, 5) is 12.3. The first kappa shape index (κ1) is 11.2. The predicted molar refractivity (Wildman–Crippen MR) is 66.5 cm³/mol. The van der Waals surface area contributed by atoms with Gasteiger partial charge in [0.25, 0.3) is 0 Å². The number of ketones is 1.